The summed E-state index contributed by atoms with van der Waals surface area (Å²) in [6.07, 6.45) is 0.433. The Morgan fingerprint density at radius 2 is 2.19 bits per heavy atom. The molecule has 21 heavy (non-hydrogen) atoms. The summed E-state index contributed by atoms with van der Waals surface area (Å²) < 4.78 is 20.1. The lowest BCUT2D eigenvalue weighted by Gasteiger charge is -2.41. The number of nitrogens with zero attached hydrogens (tertiary/aromatic N) is 2. The molecule has 3 rings (SSSR count). The van der Waals surface area contributed by atoms with Gasteiger partial charge in [-0.05, 0) is 26.3 Å². The maximum absolute atomic E-state index is 14.3. The molecule has 0 unspecified atom stereocenters. The minimum Gasteiger partial charge on any atom is -0.386 e. The van der Waals surface area contributed by atoms with Crippen LogP contribution in [-0.4, -0.2) is 18.5 Å². The fourth-order valence-electron chi connectivity index (χ4n) is 3.46. The van der Waals surface area contributed by atoms with Crippen LogP contribution in [0.5, 0.6) is 0 Å². The first kappa shape index (κ1) is 14.0. The van der Waals surface area contributed by atoms with Crippen LogP contribution in [0.15, 0.2) is 29.3 Å². The fourth-order valence-corrected chi connectivity index (χ4v) is 3.46. The van der Waals surface area contributed by atoms with Crippen LogP contribution in [0.25, 0.3) is 0 Å². The molecule has 0 aliphatic carbocycles. The van der Waals surface area contributed by atoms with Gasteiger partial charge >= 0.3 is 0 Å². The van der Waals surface area contributed by atoms with Gasteiger partial charge in [0, 0.05) is 11.5 Å². The highest BCUT2D eigenvalue weighted by molar-refractivity contribution is 5.90. The van der Waals surface area contributed by atoms with Crippen LogP contribution in [-0.2, 0) is 10.3 Å². The van der Waals surface area contributed by atoms with E-state index in [0.717, 1.165) is 0 Å². The van der Waals surface area contributed by atoms with Crippen LogP contribution < -0.4 is 5.73 Å². The Morgan fingerprint density at radius 1 is 1.48 bits per heavy atom. The summed E-state index contributed by atoms with van der Waals surface area (Å²) in [4.78, 5) is 4.59. The zero-order chi connectivity index (χ0) is 15.3. The van der Waals surface area contributed by atoms with Gasteiger partial charge in [-0.1, -0.05) is 18.2 Å². The SMILES string of the molecule is C[C@H]1OC[C@]2(c3ccccc3F)N=C(N)[C@@](C)(C#N)C[C@H]12. The van der Waals surface area contributed by atoms with E-state index < -0.39 is 11.0 Å². The third-order valence-electron chi connectivity index (χ3n) is 4.85. The lowest BCUT2D eigenvalue weighted by atomic mass is 9.67. The van der Waals surface area contributed by atoms with Gasteiger partial charge in [0.05, 0.1) is 18.8 Å². The number of ether oxygens (including phenoxy) is 1. The summed E-state index contributed by atoms with van der Waals surface area (Å²) in [5.74, 6) is -0.106. The van der Waals surface area contributed by atoms with Crippen molar-refractivity contribution in [3.63, 3.8) is 0 Å². The summed E-state index contributed by atoms with van der Waals surface area (Å²) in [6.45, 7) is 4.02. The first-order valence-corrected chi connectivity index (χ1v) is 7.06. The number of nitrogens with two attached hydrogens (primary N) is 1. The maximum Gasteiger partial charge on any atom is 0.128 e. The fraction of sp³-hybridized carbons (Fsp3) is 0.500. The van der Waals surface area contributed by atoms with Crippen molar-refractivity contribution in [3.05, 3.63) is 35.6 Å². The van der Waals surface area contributed by atoms with Crippen molar-refractivity contribution >= 4 is 5.84 Å². The zero-order valence-corrected chi connectivity index (χ0v) is 12.1. The van der Waals surface area contributed by atoms with Crippen LogP contribution in [0.4, 0.5) is 4.39 Å². The standard InChI is InChI=1S/C16H18FN3O/c1-10-12-7-15(2,8-18)14(19)20-16(12,9-21-10)11-5-3-4-6-13(11)17/h3-6,10,12H,7,9H2,1-2H3,(H2,19,20)/t10-,12-,15-,16-/m1/s1. The molecule has 0 saturated carbocycles. The second kappa shape index (κ2) is 4.54. The molecule has 4 nitrogen and oxygen atoms in total. The molecule has 1 aromatic carbocycles. The van der Waals surface area contributed by atoms with Gasteiger partial charge < -0.3 is 10.5 Å². The van der Waals surface area contributed by atoms with E-state index >= 15 is 0 Å². The molecule has 110 valence electrons. The van der Waals surface area contributed by atoms with Crippen molar-refractivity contribution < 1.29 is 9.13 Å². The van der Waals surface area contributed by atoms with Crippen molar-refractivity contribution in [3.8, 4) is 6.07 Å². The monoisotopic (exact) mass is 287 g/mol. The van der Waals surface area contributed by atoms with Gasteiger partial charge in [0.15, 0.2) is 0 Å². The van der Waals surface area contributed by atoms with Gasteiger partial charge in [-0.2, -0.15) is 5.26 Å². The first-order chi connectivity index (χ1) is 9.93. The Hall–Kier alpha value is -1.93. The molecule has 1 fully saturated rings. The highest BCUT2D eigenvalue weighted by Crippen LogP contribution is 2.51. The number of benzene rings is 1. The van der Waals surface area contributed by atoms with Crippen LogP contribution in [0.1, 0.15) is 25.8 Å². The van der Waals surface area contributed by atoms with Crippen LogP contribution in [0, 0.1) is 28.5 Å². The minimum absolute atomic E-state index is 0.0636. The highest BCUT2D eigenvalue weighted by Gasteiger charge is 2.56. The Bertz CT molecular complexity index is 653. The summed E-state index contributed by atoms with van der Waals surface area (Å²) >= 11 is 0. The molecular weight excluding hydrogens is 269 g/mol. The van der Waals surface area contributed by atoms with Crippen molar-refractivity contribution in [2.75, 3.05) is 6.61 Å². The predicted molar refractivity (Wildman–Crippen MR) is 76.9 cm³/mol. The van der Waals surface area contributed by atoms with Crippen LogP contribution >= 0.6 is 0 Å². The van der Waals surface area contributed by atoms with Crippen molar-refractivity contribution in [1.82, 2.24) is 0 Å². The highest BCUT2D eigenvalue weighted by atomic mass is 19.1. The molecule has 0 amide bonds. The summed E-state index contributed by atoms with van der Waals surface area (Å²) in [5, 5.41) is 9.41. The van der Waals surface area contributed by atoms with E-state index in [-0.39, 0.29) is 23.7 Å². The largest absolute Gasteiger partial charge is 0.386 e. The Balaban J connectivity index is 2.20. The van der Waals surface area contributed by atoms with Gasteiger partial charge in [0.2, 0.25) is 0 Å². The van der Waals surface area contributed by atoms with E-state index in [4.69, 9.17) is 10.5 Å². The van der Waals surface area contributed by atoms with Crippen molar-refractivity contribution in [2.45, 2.75) is 31.9 Å². The third-order valence-corrected chi connectivity index (χ3v) is 4.85. The van der Waals surface area contributed by atoms with E-state index in [1.54, 1.807) is 25.1 Å². The van der Waals surface area contributed by atoms with E-state index in [9.17, 15) is 9.65 Å². The molecule has 2 N–H and O–H groups in total. The summed E-state index contributed by atoms with van der Waals surface area (Å²) in [5.41, 5.74) is 4.92. The minimum atomic E-state index is -0.818. The topological polar surface area (TPSA) is 71.4 Å². The van der Waals surface area contributed by atoms with Gasteiger partial charge in [-0.25, -0.2) is 4.39 Å². The molecule has 2 aliphatic heterocycles. The maximum atomic E-state index is 14.3. The lowest BCUT2D eigenvalue weighted by molar-refractivity contribution is 0.0996. The quantitative estimate of drug-likeness (QED) is 0.861. The zero-order valence-electron chi connectivity index (χ0n) is 12.1. The molecule has 1 aromatic rings. The molecule has 0 radical (unpaired) electrons. The number of halogens is 1. The predicted octanol–water partition coefficient (Wildman–Crippen LogP) is 2.35. The number of aliphatic imine (C=N–C) groups is 1. The number of nitriles is 1. The molecule has 0 spiro atoms. The van der Waals surface area contributed by atoms with Crippen LogP contribution in [0.2, 0.25) is 0 Å². The summed E-state index contributed by atoms with van der Waals surface area (Å²) in [7, 11) is 0. The summed E-state index contributed by atoms with van der Waals surface area (Å²) in [6, 6.07) is 8.84. The second-order valence-corrected chi connectivity index (χ2v) is 6.17. The van der Waals surface area contributed by atoms with E-state index in [0.29, 0.717) is 18.6 Å². The first-order valence-electron chi connectivity index (χ1n) is 7.06. The van der Waals surface area contributed by atoms with E-state index in [1.807, 2.05) is 6.92 Å². The van der Waals surface area contributed by atoms with Gasteiger partial charge in [-0.3, -0.25) is 4.99 Å². The molecule has 2 aliphatic rings. The molecule has 5 heteroatoms. The Kier molecular flexibility index (Phi) is 3.03. The number of hydrogen-bond acceptors (Lipinski definition) is 4. The number of fused-ring (bicyclic) bond motifs is 1. The molecule has 1 saturated heterocycles. The van der Waals surface area contributed by atoms with Gasteiger partial charge in [-0.15, -0.1) is 0 Å². The average Bonchev–Trinajstić information content (AvgIpc) is 2.78. The lowest BCUT2D eigenvalue weighted by Crippen LogP contribution is -2.49. The number of rotatable bonds is 1. The Morgan fingerprint density at radius 3 is 2.86 bits per heavy atom. The second-order valence-electron chi connectivity index (χ2n) is 6.17. The average molecular weight is 287 g/mol. The Labute approximate surface area is 123 Å². The van der Waals surface area contributed by atoms with Gasteiger partial charge in [0.1, 0.15) is 22.6 Å². The van der Waals surface area contributed by atoms with Crippen molar-refractivity contribution in [1.29, 1.82) is 5.26 Å². The number of hydrogen-bond donors (Lipinski definition) is 1. The molecule has 2 heterocycles. The smallest absolute Gasteiger partial charge is 0.128 e. The van der Waals surface area contributed by atoms with Crippen molar-refractivity contribution in [2.24, 2.45) is 22.1 Å². The number of amidine groups is 1. The van der Waals surface area contributed by atoms with Crippen LogP contribution in [0.3, 0.4) is 0 Å². The van der Waals surface area contributed by atoms with E-state index in [2.05, 4.69) is 11.1 Å². The normalized spacial score (nSPS) is 38.5. The molecular formula is C16H18FN3O. The third kappa shape index (κ3) is 1.86. The van der Waals surface area contributed by atoms with Gasteiger partial charge in [0.25, 0.3) is 0 Å². The molecule has 0 bridgehead atoms. The molecule has 0 aromatic heterocycles. The molecule has 4 atom stereocenters. The van der Waals surface area contributed by atoms with E-state index in [1.165, 1.54) is 6.07 Å².